The lowest BCUT2D eigenvalue weighted by Gasteiger charge is -2.26. The monoisotopic (exact) mass is 374 g/mol. The van der Waals surface area contributed by atoms with Gasteiger partial charge in [0.2, 0.25) is 5.91 Å². The first-order valence-corrected chi connectivity index (χ1v) is 9.40. The quantitative estimate of drug-likeness (QED) is 0.700. The number of hydrogen-bond acceptors (Lipinski definition) is 4. The molecule has 0 radical (unpaired) electrons. The number of nitrogens with one attached hydrogen (secondary N) is 1. The average molecular weight is 374 g/mol. The molecule has 3 aromatic rings. The van der Waals surface area contributed by atoms with E-state index in [1.807, 2.05) is 18.2 Å². The molecule has 2 heterocycles. The van der Waals surface area contributed by atoms with Gasteiger partial charge in [-0.2, -0.15) is 0 Å². The van der Waals surface area contributed by atoms with Gasteiger partial charge in [-0.05, 0) is 35.3 Å². The molecule has 28 heavy (non-hydrogen) atoms. The van der Waals surface area contributed by atoms with Crippen LogP contribution in [0.2, 0.25) is 0 Å². The van der Waals surface area contributed by atoms with E-state index in [9.17, 15) is 9.59 Å². The number of anilines is 1. The van der Waals surface area contributed by atoms with Gasteiger partial charge in [0, 0.05) is 49.8 Å². The molecule has 0 aliphatic carbocycles. The molecule has 4 rings (SSSR count). The molecule has 1 aromatic heterocycles. The summed E-state index contributed by atoms with van der Waals surface area (Å²) in [6.45, 7) is 3.91. The molecule has 1 amide bonds. The summed E-state index contributed by atoms with van der Waals surface area (Å²) in [4.78, 5) is 25.6. The summed E-state index contributed by atoms with van der Waals surface area (Å²) < 4.78 is 5.35. The smallest absolute Gasteiger partial charge is 0.336 e. The largest absolute Gasteiger partial charge is 0.423 e. The van der Waals surface area contributed by atoms with Crippen molar-refractivity contribution < 1.29 is 9.21 Å². The molecule has 0 saturated carbocycles. The highest BCUT2D eigenvalue weighted by atomic mass is 16.4. The molecule has 5 nitrogen and oxygen atoms in total. The topological polar surface area (TPSA) is 62.6 Å². The zero-order valence-corrected chi connectivity index (χ0v) is 15.8. The number of carbonyl (C=O) groups is 1. The Morgan fingerprint density at radius 3 is 2.68 bits per heavy atom. The van der Waals surface area contributed by atoms with Crippen molar-refractivity contribution in [3.8, 4) is 0 Å². The lowest BCUT2D eigenvalue weighted by Crippen LogP contribution is -2.28. The third-order valence-electron chi connectivity index (χ3n) is 4.98. The van der Waals surface area contributed by atoms with Crippen LogP contribution in [-0.2, 0) is 11.3 Å². The highest BCUT2D eigenvalue weighted by Crippen LogP contribution is 2.26. The summed E-state index contributed by atoms with van der Waals surface area (Å²) in [6.07, 6.45) is 3.25. The average Bonchev–Trinajstić information content (AvgIpc) is 2.68. The van der Waals surface area contributed by atoms with Crippen LogP contribution in [0.25, 0.3) is 16.5 Å². The van der Waals surface area contributed by atoms with Crippen LogP contribution in [0.15, 0.2) is 69.9 Å². The van der Waals surface area contributed by atoms with Gasteiger partial charge in [-0.1, -0.05) is 36.4 Å². The SMILES string of the molecule is CC(=O)Nc1ccc2c(CN3CC=C(c4ccccc4)CC3)cc(=O)oc2c1. The van der Waals surface area contributed by atoms with Crippen molar-refractivity contribution in [3.63, 3.8) is 0 Å². The second-order valence-corrected chi connectivity index (χ2v) is 7.06. The van der Waals surface area contributed by atoms with Gasteiger partial charge in [0.15, 0.2) is 0 Å². The van der Waals surface area contributed by atoms with Gasteiger partial charge in [-0.25, -0.2) is 4.79 Å². The summed E-state index contributed by atoms with van der Waals surface area (Å²) in [5.74, 6) is -0.160. The van der Waals surface area contributed by atoms with Crippen molar-refractivity contribution in [1.29, 1.82) is 0 Å². The van der Waals surface area contributed by atoms with E-state index >= 15 is 0 Å². The summed E-state index contributed by atoms with van der Waals surface area (Å²) >= 11 is 0. The van der Waals surface area contributed by atoms with E-state index in [2.05, 4.69) is 40.6 Å². The third kappa shape index (κ3) is 4.05. The van der Waals surface area contributed by atoms with E-state index in [1.54, 1.807) is 12.1 Å². The molecule has 1 aliphatic heterocycles. The maximum absolute atomic E-state index is 12.0. The zero-order chi connectivity index (χ0) is 19.5. The Morgan fingerprint density at radius 1 is 1.14 bits per heavy atom. The number of hydrogen-bond donors (Lipinski definition) is 1. The molecule has 0 bridgehead atoms. The van der Waals surface area contributed by atoms with Crippen LogP contribution in [0.1, 0.15) is 24.5 Å². The molecular formula is C23H22N2O3. The molecule has 2 aromatic carbocycles. The Hall–Kier alpha value is -3.18. The second-order valence-electron chi connectivity index (χ2n) is 7.06. The van der Waals surface area contributed by atoms with Crippen LogP contribution >= 0.6 is 0 Å². The van der Waals surface area contributed by atoms with Crippen molar-refractivity contribution >= 4 is 28.1 Å². The molecule has 0 spiro atoms. The molecule has 1 aliphatic rings. The minimum absolute atomic E-state index is 0.160. The Bertz CT molecular complexity index is 1100. The normalized spacial score (nSPS) is 14.7. The summed E-state index contributed by atoms with van der Waals surface area (Å²) in [6, 6.07) is 17.4. The van der Waals surface area contributed by atoms with Crippen LogP contribution in [0.3, 0.4) is 0 Å². The Morgan fingerprint density at radius 2 is 1.96 bits per heavy atom. The van der Waals surface area contributed by atoms with Crippen molar-refractivity contribution in [2.24, 2.45) is 0 Å². The van der Waals surface area contributed by atoms with Gasteiger partial charge in [0.25, 0.3) is 0 Å². The van der Waals surface area contributed by atoms with Crippen molar-refractivity contribution in [3.05, 3.63) is 82.2 Å². The maximum Gasteiger partial charge on any atom is 0.336 e. The van der Waals surface area contributed by atoms with Gasteiger partial charge in [0.1, 0.15) is 5.58 Å². The van der Waals surface area contributed by atoms with Crippen LogP contribution in [0.5, 0.6) is 0 Å². The van der Waals surface area contributed by atoms with Crippen LogP contribution in [0.4, 0.5) is 5.69 Å². The van der Waals surface area contributed by atoms with E-state index in [0.717, 1.165) is 30.5 Å². The Balaban J connectivity index is 1.56. The molecule has 5 heteroatoms. The highest BCUT2D eigenvalue weighted by Gasteiger charge is 2.15. The van der Waals surface area contributed by atoms with E-state index in [-0.39, 0.29) is 11.5 Å². The van der Waals surface area contributed by atoms with E-state index in [4.69, 9.17) is 4.42 Å². The standard InChI is InChI=1S/C23H22N2O3/c1-16(26)24-20-7-8-21-19(13-23(27)28-22(21)14-20)15-25-11-9-18(10-12-25)17-5-3-2-4-6-17/h2-9,13-14H,10-12,15H2,1H3,(H,24,26). The molecule has 0 unspecified atom stereocenters. The zero-order valence-electron chi connectivity index (χ0n) is 15.8. The third-order valence-corrected chi connectivity index (χ3v) is 4.98. The van der Waals surface area contributed by atoms with E-state index in [0.29, 0.717) is 17.8 Å². The summed E-state index contributed by atoms with van der Waals surface area (Å²) in [5, 5.41) is 3.61. The number of rotatable bonds is 4. The summed E-state index contributed by atoms with van der Waals surface area (Å²) in [7, 11) is 0. The van der Waals surface area contributed by atoms with Crippen LogP contribution in [0, 0.1) is 0 Å². The second kappa shape index (κ2) is 7.82. The molecule has 0 atom stereocenters. The first-order chi connectivity index (χ1) is 13.6. The lowest BCUT2D eigenvalue weighted by atomic mass is 9.99. The van der Waals surface area contributed by atoms with Gasteiger partial charge in [-0.15, -0.1) is 0 Å². The minimum Gasteiger partial charge on any atom is -0.423 e. The fourth-order valence-electron chi connectivity index (χ4n) is 3.65. The predicted molar refractivity (Wildman–Crippen MR) is 111 cm³/mol. The molecular weight excluding hydrogens is 352 g/mol. The first kappa shape index (κ1) is 18.2. The number of benzene rings is 2. The number of nitrogens with zero attached hydrogens (tertiary/aromatic N) is 1. The number of fused-ring (bicyclic) bond motifs is 1. The Labute approximate surface area is 163 Å². The fraction of sp³-hybridized carbons (Fsp3) is 0.217. The first-order valence-electron chi connectivity index (χ1n) is 9.40. The molecule has 142 valence electrons. The van der Waals surface area contributed by atoms with Gasteiger partial charge in [-0.3, -0.25) is 9.69 Å². The lowest BCUT2D eigenvalue weighted by molar-refractivity contribution is -0.114. The van der Waals surface area contributed by atoms with E-state index in [1.165, 1.54) is 18.1 Å². The van der Waals surface area contributed by atoms with Gasteiger partial charge >= 0.3 is 5.63 Å². The van der Waals surface area contributed by atoms with Crippen LogP contribution < -0.4 is 10.9 Å². The number of carbonyl (C=O) groups excluding carboxylic acids is 1. The van der Waals surface area contributed by atoms with Crippen molar-refractivity contribution in [2.45, 2.75) is 19.9 Å². The predicted octanol–water partition coefficient (Wildman–Crippen LogP) is 4.04. The van der Waals surface area contributed by atoms with Crippen molar-refractivity contribution in [2.75, 3.05) is 18.4 Å². The van der Waals surface area contributed by atoms with Crippen molar-refractivity contribution in [1.82, 2.24) is 4.90 Å². The minimum atomic E-state index is -0.375. The number of amides is 1. The van der Waals surface area contributed by atoms with Gasteiger partial charge < -0.3 is 9.73 Å². The summed E-state index contributed by atoms with van der Waals surface area (Å²) in [5.41, 5.74) is 4.32. The molecule has 0 fully saturated rings. The highest BCUT2D eigenvalue weighted by molar-refractivity contribution is 5.92. The fourth-order valence-corrected chi connectivity index (χ4v) is 3.65. The maximum atomic E-state index is 12.0. The van der Waals surface area contributed by atoms with Gasteiger partial charge in [0.05, 0.1) is 0 Å². The van der Waals surface area contributed by atoms with Crippen LogP contribution in [-0.4, -0.2) is 23.9 Å². The van der Waals surface area contributed by atoms with E-state index < -0.39 is 0 Å². The Kier molecular flexibility index (Phi) is 5.08. The molecule has 1 N–H and O–H groups in total. The molecule has 0 saturated heterocycles.